The second-order valence-corrected chi connectivity index (χ2v) is 25.9. The molecule has 11 rings (SSSR count). The van der Waals surface area contributed by atoms with Crippen LogP contribution >= 0.6 is 0 Å². The predicted octanol–water partition coefficient (Wildman–Crippen LogP) is 17.0. The van der Waals surface area contributed by atoms with Crippen LogP contribution in [0.4, 0.5) is 0 Å². The summed E-state index contributed by atoms with van der Waals surface area (Å²) in [5, 5.41) is 8.61. The smallest absolute Gasteiger partial charge is 0.121 e. The quantitative estimate of drug-likeness (QED) is 0.0907. The molecule has 0 spiro atoms. The number of rotatable bonds is 7. The van der Waals surface area contributed by atoms with Crippen LogP contribution in [0.1, 0.15) is 77.0 Å². The SMILES string of the molecule is CC(C)(C)c1ccnc(-c2[c-]cccc2)c1.CC(C)c1cc(-c2ccccc2)cc(C(C)C)c1-n1c(-c2[c-]cc([Si](C)(C)C)c3c2oc2cc4c(ccc5ccccc54)cc23)nc2ccccc21.[Ir]. The molecule has 0 fully saturated rings. The fourth-order valence-corrected chi connectivity index (χ4v) is 11.2. The molecule has 69 heavy (non-hydrogen) atoms. The Bertz CT molecular complexity index is 3620. The molecule has 4 nitrogen and oxygen atoms in total. The first-order valence-corrected chi connectivity index (χ1v) is 27.5. The van der Waals surface area contributed by atoms with Crippen LogP contribution < -0.4 is 5.19 Å². The molecule has 3 aromatic heterocycles. The molecule has 0 atom stereocenters. The molecule has 0 saturated carbocycles. The molecule has 11 aromatic rings. The molecule has 0 N–H and O–H groups in total. The zero-order chi connectivity index (χ0) is 47.5. The van der Waals surface area contributed by atoms with Crippen LogP contribution in [-0.2, 0) is 25.5 Å². The fraction of sp³-hybridized carbons (Fsp3) is 0.206. The number of fused-ring (bicyclic) bond motifs is 7. The van der Waals surface area contributed by atoms with Gasteiger partial charge in [-0.1, -0.05) is 164 Å². The average molecular weight is 1090 g/mol. The zero-order valence-corrected chi connectivity index (χ0v) is 44.7. The first-order valence-electron chi connectivity index (χ1n) is 24.0. The molecule has 0 unspecified atom stereocenters. The zero-order valence-electron chi connectivity index (χ0n) is 41.3. The maximum atomic E-state index is 7.09. The first kappa shape index (κ1) is 47.6. The van der Waals surface area contributed by atoms with Crippen molar-refractivity contribution < 1.29 is 24.5 Å². The van der Waals surface area contributed by atoms with E-state index in [-0.39, 0.29) is 37.4 Å². The predicted molar refractivity (Wildman–Crippen MR) is 291 cm³/mol. The molecule has 347 valence electrons. The van der Waals surface area contributed by atoms with Crippen LogP contribution in [0.25, 0.3) is 94.0 Å². The van der Waals surface area contributed by atoms with Crippen molar-refractivity contribution in [3.05, 3.63) is 193 Å². The molecule has 0 aliphatic rings. The van der Waals surface area contributed by atoms with Gasteiger partial charge in [-0.05, 0) is 115 Å². The number of furan rings is 1. The number of pyridine rings is 1. The molecular weight excluding hydrogens is 1040 g/mol. The van der Waals surface area contributed by atoms with Crippen molar-refractivity contribution in [3.8, 4) is 39.5 Å². The van der Waals surface area contributed by atoms with Crippen LogP contribution in [0.5, 0.6) is 0 Å². The summed E-state index contributed by atoms with van der Waals surface area (Å²) in [6.07, 6.45) is 1.87. The minimum absolute atomic E-state index is 0. The van der Waals surface area contributed by atoms with Crippen molar-refractivity contribution in [3.63, 3.8) is 0 Å². The molecule has 6 heteroatoms. The third-order valence-electron chi connectivity index (χ3n) is 13.4. The largest absolute Gasteiger partial charge is 0.501 e. The van der Waals surface area contributed by atoms with Gasteiger partial charge in [-0.25, -0.2) is 0 Å². The first-order chi connectivity index (χ1) is 32.7. The summed E-state index contributed by atoms with van der Waals surface area (Å²) in [6.45, 7) is 23.1. The second kappa shape index (κ2) is 18.8. The van der Waals surface area contributed by atoms with Gasteiger partial charge in [0.2, 0.25) is 0 Å². The van der Waals surface area contributed by atoms with Crippen molar-refractivity contribution in [2.75, 3.05) is 0 Å². The Balaban J connectivity index is 0.000000296. The minimum Gasteiger partial charge on any atom is -0.501 e. The van der Waals surface area contributed by atoms with E-state index in [9.17, 15) is 0 Å². The standard InChI is InChI=1S/C48H43N2OSi.C15H16N.Ir/c1-29(2)37-26-34(31-15-9-8-10-16-31)27-38(30(3)4)46(37)50-42-20-14-13-19-41(42)49-48(50)36-23-24-44(52(5,6)7)45-40-25-33-22-21-32-17-11-12-18-35(32)39(33)28-43(40)51-47(36)45;1-15(2,3)13-9-10-16-14(11-13)12-7-5-4-6-8-12;/h8-22,24-30H,1-7H3;4-7,9-11H,1-3H3;/q2*-1;. The summed E-state index contributed by atoms with van der Waals surface area (Å²) in [4.78, 5) is 9.82. The summed E-state index contributed by atoms with van der Waals surface area (Å²) in [5.41, 5.74) is 14.5. The van der Waals surface area contributed by atoms with Gasteiger partial charge in [0.1, 0.15) is 5.58 Å². The molecule has 0 amide bonds. The van der Waals surface area contributed by atoms with E-state index in [0.717, 1.165) is 50.2 Å². The van der Waals surface area contributed by atoms with E-state index < -0.39 is 8.07 Å². The number of imidazole rings is 1. The van der Waals surface area contributed by atoms with Crippen LogP contribution in [0.15, 0.2) is 168 Å². The van der Waals surface area contributed by atoms with Crippen molar-refractivity contribution >= 4 is 67.8 Å². The monoisotopic (exact) mass is 1090 g/mol. The molecule has 0 aliphatic heterocycles. The van der Waals surface area contributed by atoms with E-state index in [1.54, 1.807) is 0 Å². The van der Waals surface area contributed by atoms with E-state index in [4.69, 9.17) is 9.40 Å². The third kappa shape index (κ3) is 9.03. The molecule has 0 bridgehead atoms. The number of para-hydroxylation sites is 2. The van der Waals surface area contributed by atoms with Gasteiger partial charge in [-0.3, -0.25) is 4.98 Å². The van der Waals surface area contributed by atoms with Gasteiger partial charge < -0.3 is 14.0 Å². The van der Waals surface area contributed by atoms with Crippen LogP contribution in [0, 0.1) is 12.1 Å². The van der Waals surface area contributed by atoms with E-state index in [0.29, 0.717) is 0 Å². The Morgan fingerprint density at radius 3 is 2.01 bits per heavy atom. The molecular formula is C63H59IrN3OSi-2. The van der Waals surface area contributed by atoms with E-state index in [2.05, 4.69) is 223 Å². The average Bonchev–Trinajstić information content (AvgIpc) is 3.91. The summed E-state index contributed by atoms with van der Waals surface area (Å²) < 4.78 is 9.50. The Kier molecular flexibility index (Phi) is 13.0. The van der Waals surface area contributed by atoms with E-state index >= 15 is 0 Å². The van der Waals surface area contributed by atoms with Crippen molar-refractivity contribution in [1.82, 2.24) is 14.5 Å². The van der Waals surface area contributed by atoms with Crippen LogP contribution in [-0.4, -0.2) is 22.6 Å². The van der Waals surface area contributed by atoms with Crippen molar-refractivity contribution in [1.29, 1.82) is 0 Å². The molecule has 0 saturated heterocycles. The van der Waals surface area contributed by atoms with E-state index in [1.165, 1.54) is 65.6 Å². The number of hydrogen-bond acceptors (Lipinski definition) is 3. The van der Waals surface area contributed by atoms with Crippen LogP contribution in [0.2, 0.25) is 19.6 Å². The number of nitrogens with zero attached hydrogens (tertiary/aromatic N) is 3. The van der Waals surface area contributed by atoms with Crippen molar-refractivity contribution in [2.45, 2.75) is 85.4 Å². The topological polar surface area (TPSA) is 43.9 Å². The van der Waals surface area contributed by atoms with Gasteiger partial charge >= 0.3 is 0 Å². The van der Waals surface area contributed by atoms with Gasteiger partial charge in [0, 0.05) is 45.4 Å². The van der Waals surface area contributed by atoms with E-state index in [1.807, 2.05) is 30.5 Å². The Morgan fingerprint density at radius 1 is 0.638 bits per heavy atom. The van der Waals surface area contributed by atoms with Gasteiger partial charge in [-0.2, -0.15) is 0 Å². The van der Waals surface area contributed by atoms with Gasteiger partial charge in [0.05, 0.1) is 22.4 Å². The summed E-state index contributed by atoms with van der Waals surface area (Å²) in [6, 6.07) is 63.2. The number of benzene rings is 8. The Hall–Kier alpha value is -6.43. The number of aromatic nitrogens is 3. The normalized spacial score (nSPS) is 12.1. The second-order valence-electron chi connectivity index (χ2n) is 20.9. The summed E-state index contributed by atoms with van der Waals surface area (Å²) in [5.74, 6) is 1.41. The molecule has 1 radical (unpaired) electrons. The Morgan fingerprint density at radius 2 is 1.32 bits per heavy atom. The van der Waals surface area contributed by atoms with Crippen LogP contribution in [0.3, 0.4) is 0 Å². The molecule has 8 aromatic carbocycles. The Labute approximate surface area is 421 Å². The number of hydrogen-bond donors (Lipinski definition) is 0. The maximum Gasteiger partial charge on any atom is 0.121 e. The van der Waals surface area contributed by atoms with Crippen molar-refractivity contribution in [2.24, 2.45) is 0 Å². The maximum absolute atomic E-state index is 7.09. The van der Waals surface area contributed by atoms with Gasteiger partial charge in [0.15, 0.2) is 0 Å². The van der Waals surface area contributed by atoms with Gasteiger partial charge in [0.25, 0.3) is 0 Å². The summed E-state index contributed by atoms with van der Waals surface area (Å²) >= 11 is 0. The molecule has 3 heterocycles. The minimum atomic E-state index is -1.83. The van der Waals surface area contributed by atoms with Gasteiger partial charge in [-0.15, -0.1) is 53.2 Å². The molecule has 0 aliphatic carbocycles. The summed E-state index contributed by atoms with van der Waals surface area (Å²) in [7, 11) is -1.83. The third-order valence-corrected chi connectivity index (χ3v) is 15.4. The fourth-order valence-electron chi connectivity index (χ4n) is 9.71.